The van der Waals surface area contributed by atoms with Gasteiger partial charge in [-0.25, -0.2) is 0 Å². The van der Waals surface area contributed by atoms with Crippen molar-refractivity contribution in [2.45, 2.75) is 43.6 Å². The van der Waals surface area contributed by atoms with Gasteiger partial charge in [-0.1, -0.05) is 12.1 Å². The van der Waals surface area contributed by atoms with Gasteiger partial charge in [-0.2, -0.15) is 28.2 Å². The highest BCUT2D eigenvalue weighted by atomic mass is 19.4. The van der Waals surface area contributed by atoms with Crippen molar-refractivity contribution in [2.75, 3.05) is 5.32 Å². The van der Waals surface area contributed by atoms with E-state index in [0.717, 1.165) is 18.9 Å². The van der Waals surface area contributed by atoms with Crippen molar-refractivity contribution in [3.8, 4) is 5.69 Å². The summed E-state index contributed by atoms with van der Waals surface area (Å²) in [6.45, 7) is 0. The third-order valence-electron chi connectivity index (χ3n) is 5.83. The molecule has 0 saturated carbocycles. The predicted octanol–water partition coefficient (Wildman–Crippen LogP) is 2.93. The number of fused-ring (bicyclic) bond motifs is 2. The van der Waals surface area contributed by atoms with Crippen LogP contribution >= 0.6 is 0 Å². The summed E-state index contributed by atoms with van der Waals surface area (Å²) < 4.78 is 38.1. The Balaban J connectivity index is 1.36. The molecule has 1 aromatic carbocycles. The van der Waals surface area contributed by atoms with E-state index in [1.807, 2.05) is 11.0 Å². The Hall–Kier alpha value is -3.50. The molecule has 1 amide bonds. The molecule has 2 bridgehead atoms. The summed E-state index contributed by atoms with van der Waals surface area (Å²) in [7, 11) is 0. The molecule has 31 heavy (non-hydrogen) atoms. The first-order valence-electron chi connectivity index (χ1n) is 9.87. The van der Waals surface area contributed by atoms with Crippen LogP contribution in [0.3, 0.4) is 0 Å². The third-order valence-corrected chi connectivity index (χ3v) is 5.83. The maximum Gasteiger partial charge on any atom is 0.435 e. The van der Waals surface area contributed by atoms with E-state index in [4.69, 9.17) is 0 Å². The Morgan fingerprint density at radius 3 is 2.52 bits per heavy atom. The lowest BCUT2D eigenvalue weighted by atomic mass is 9.95. The maximum atomic E-state index is 13.5. The first-order valence-corrected chi connectivity index (χ1v) is 9.87. The average molecular weight is 429 g/mol. The van der Waals surface area contributed by atoms with Crippen molar-refractivity contribution in [1.82, 2.24) is 30.1 Å². The molecule has 1 N–H and O–H groups in total. The summed E-state index contributed by atoms with van der Waals surface area (Å²) in [6.07, 6.45) is 0.955. The first kappa shape index (κ1) is 19.5. The number of carbonyl (C=O) groups is 1. The van der Waals surface area contributed by atoms with Crippen LogP contribution in [0.5, 0.6) is 0 Å². The lowest BCUT2D eigenvalue weighted by Gasteiger charge is -2.26. The number of para-hydroxylation sites is 1. The highest BCUT2D eigenvalue weighted by Crippen LogP contribution is 2.40. The fraction of sp³-hybridized carbons (Fsp3) is 0.350. The number of anilines is 1. The van der Waals surface area contributed by atoms with E-state index in [9.17, 15) is 18.0 Å². The molecule has 2 aliphatic rings. The number of carbonyl (C=O) groups excluding carboxylic acids is 1. The molecule has 0 aliphatic carbocycles. The Kier molecular flexibility index (Phi) is 4.60. The highest BCUT2D eigenvalue weighted by molar-refractivity contribution is 5.98. The Morgan fingerprint density at radius 2 is 1.81 bits per heavy atom. The second-order valence-corrected chi connectivity index (χ2v) is 7.63. The minimum Gasteiger partial charge on any atom is -0.364 e. The summed E-state index contributed by atoms with van der Waals surface area (Å²) in [5.41, 5.74) is 0.0686. The SMILES string of the molecule is O=C(c1ccccc1-n1nccn1)N1C2CCC1C(Nc1ccc(C(F)(F)F)nn1)C2. The number of alkyl halides is 3. The standard InChI is InChI=1S/C20H18F3N7O/c21-20(22,23)17-7-8-18(28-27-17)26-14-11-12-5-6-16(14)29(12)19(31)13-3-1-2-4-15(13)30-24-9-10-25-30/h1-4,7-10,12,14,16H,5-6,11H2,(H,26,28). The summed E-state index contributed by atoms with van der Waals surface area (Å²) in [5.74, 6) is 0.155. The van der Waals surface area contributed by atoms with E-state index in [0.29, 0.717) is 17.7 Å². The van der Waals surface area contributed by atoms with Gasteiger partial charge >= 0.3 is 6.18 Å². The zero-order chi connectivity index (χ0) is 21.6. The van der Waals surface area contributed by atoms with Crippen LogP contribution in [0.25, 0.3) is 5.69 Å². The average Bonchev–Trinajstić information content (AvgIpc) is 3.50. The Morgan fingerprint density at radius 1 is 1.03 bits per heavy atom. The number of nitrogens with zero attached hydrogens (tertiary/aromatic N) is 6. The normalized spacial score (nSPS) is 22.7. The van der Waals surface area contributed by atoms with Gasteiger partial charge in [0, 0.05) is 6.04 Å². The minimum atomic E-state index is -4.53. The van der Waals surface area contributed by atoms with Crippen LogP contribution in [-0.2, 0) is 6.18 Å². The van der Waals surface area contributed by atoms with Crippen LogP contribution in [0.4, 0.5) is 19.0 Å². The number of benzene rings is 1. The van der Waals surface area contributed by atoms with Crippen molar-refractivity contribution in [2.24, 2.45) is 0 Å². The molecule has 3 unspecified atom stereocenters. The molecular formula is C20H18F3N7O. The summed E-state index contributed by atoms with van der Waals surface area (Å²) in [6, 6.07) is 9.19. The van der Waals surface area contributed by atoms with Crippen LogP contribution in [0.2, 0.25) is 0 Å². The Labute approximate surface area is 175 Å². The number of halogens is 3. The van der Waals surface area contributed by atoms with Gasteiger partial charge in [0.15, 0.2) is 5.69 Å². The largest absolute Gasteiger partial charge is 0.435 e. The van der Waals surface area contributed by atoms with Crippen molar-refractivity contribution < 1.29 is 18.0 Å². The minimum absolute atomic E-state index is 0.0519. The molecule has 2 fully saturated rings. The van der Waals surface area contributed by atoms with E-state index in [2.05, 4.69) is 25.7 Å². The zero-order valence-corrected chi connectivity index (χ0v) is 16.2. The van der Waals surface area contributed by atoms with Gasteiger partial charge in [-0.05, 0) is 43.5 Å². The van der Waals surface area contributed by atoms with Gasteiger partial charge in [-0.3, -0.25) is 4.79 Å². The summed E-state index contributed by atoms with van der Waals surface area (Å²) >= 11 is 0. The second-order valence-electron chi connectivity index (χ2n) is 7.63. The molecule has 3 aromatic rings. The predicted molar refractivity (Wildman–Crippen MR) is 103 cm³/mol. The molecule has 11 heteroatoms. The number of amides is 1. The molecule has 3 atom stereocenters. The van der Waals surface area contributed by atoms with Crippen molar-refractivity contribution >= 4 is 11.7 Å². The molecule has 2 saturated heterocycles. The van der Waals surface area contributed by atoms with Gasteiger partial charge in [0.05, 0.1) is 35.7 Å². The lowest BCUT2D eigenvalue weighted by Crippen LogP contribution is -2.40. The van der Waals surface area contributed by atoms with Gasteiger partial charge in [0.1, 0.15) is 5.82 Å². The zero-order valence-electron chi connectivity index (χ0n) is 16.2. The smallest absolute Gasteiger partial charge is 0.364 e. The van der Waals surface area contributed by atoms with Crippen molar-refractivity contribution in [3.63, 3.8) is 0 Å². The lowest BCUT2D eigenvalue weighted by molar-refractivity contribution is -0.141. The molecule has 2 aromatic heterocycles. The van der Waals surface area contributed by atoms with Crippen LogP contribution in [0.15, 0.2) is 48.8 Å². The molecule has 0 spiro atoms. The summed E-state index contributed by atoms with van der Waals surface area (Å²) in [5, 5.41) is 18.4. The van der Waals surface area contributed by atoms with Gasteiger partial charge in [-0.15, -0.1) is 10.2 Å². The molecule has 4 heterocycles. The monoisotopic (exact) mass is 429 g/mol. The van der Waals surface area contributed by atoms with Crippen LogP contribution in [0.1, 0.15) is 35.3 Å². The van der Waals surface area contributed by atoms with E-state index in [1.165, 1.54) is 10.9 Å². The number of hydrogen-bond acceptors (Lipinski definition) is 6. The highest BCUT2D eigenvalue weighted by Gasteiger charge is 2.49. The molecule has 160 valence electrons. The fourth-order valence-corrected chi connectivity index (χ4v) is 4.52. The van der Waals surface area contributed by atoms with E-state index in [1.54, 1.807) is 30.6 Å². The third kappa shape index (κ3) is 3.49. The van der Waals surface area contributed by atoms with Gasteiger partial charge in [0.25, 0.3) is 5.91 Å². The van der Waals surface area contributed by atoms with Crippen molar-refractivity contribution in [1.29, 1.82) is 0 Å². The van der Waals surface area contributed by atoms with Crippen LogP contribution in [-0.4, -0.2) is 54.1 Å². The molecule has 5 rings (SSSR count). The van der Waals surface area contributed by atoms with E-state index < -0.39 is 11.9 Å². The Bertz CT molecular complexity index is 1080. The van der Waals surface area contributed by atoms with E-state index in [-0.39, 0.29) is 29.9 Å². The molecular weight excluding hydrogens is 411 g/mol. The topological polar surface area (TPSA) is 88.8 Å². The molecule has 2 aliphatic heterocycles. The second kappa shape index (κ2) is 7.33. The van der Waals surface area contributed by atoms with Gasteiger partial charge in [0.2, 0.25) is 0 Å². The number of nitrogens with one attached hydrogen (secondary N) is 1. The fourth-order valence-electron chi connectivity index (χ4n) is 4.52. The first-order chi connectivity index (χ1) is 14.9. The number of rotatable bonds is 4. The van der Waals surface area contributed by atoms with E-state index >= 15 is 0 Å². The van der Waals surface area contributed by atoms with Gasteiger partial charge < -0.3 is 10.2 Å². The number of aromatic nitrogens is 5. The van der Waals surface area contributed by atoms with Crippen molar-refractivity contribution in [3.05, 3.63) is 60.0 Å². The van der Waals surface area contributed by atoms with Crippen LogP contribution < -0.4 is 5.32 Å². The summed E-state index contributed by atoms with van der Waals surface area (Å²) in [4.78, 5) is 16.7. The molecule has 8 nitrogen and oxygen atoms in total. The number of hydrogen-bond donors (Lipinski definition) is 1. The van der Waals surface area contributed by atoms with Crippen LogP contribution in [0, 0.1) is 0 Å². The quantitative estimate of drug-likeness (QED) is 0.686. The molecule has 0 radical (unpaired) electrons. The maximum absolute atomic E-state index is 13.5.